The third-order valence-electron chi connectivity index (χ3n) is 4.37. The molecule has 2 aliphatic heterocycles. The summed E-state index contributed by atoms with van der Waals surface area (Å²) in [5, 5.41) is 0. The number of hydrogen-bond donors (Lipinski definition) is 1. The third-order valence-corrected chi connectivity index (χ3v) is 4.37. The van der Waals surface area contributed by atoms with E-state index >= 15 is 0 Å². The molecule has 3 rings (SSSR count). The van der Waals surface area contributed by atoms with Gasteiger partial charge in [-0.05, 0) is 12.5 Å². The van der Waals surface area contributed by atoms with Gasteiger partial charge >= 0.3 is 0 Å². The molecule has 3 nitrogen and oxygen atoms in total. The van der Waals surface area contributed by atoms with E-state index < -0.39 is 0 Å². The molecule has 18 heavy (non-hydrogen) atoms. The number of fused-ring (bicyclic) bond motifs is 4. The fraction of sp³-hybridized carbons (Fsp3) is 0.533. The lowest BCUT2D eigenvalue weighted by atomic mass is 9.83. The summed E-state index contributed by atoms with van der Waals surface area (Å²) in [6.07, 6.45) is 4.37. The highest BCUT2D eigenvalue weighted by Crippen LogP contribution is 2.29. The molecule has 0 aromatic carbocycles. The summed E-state index contributed by atoms with van der Waals surface area (Å²) in [7, 11) is 0. The normalized spacial score (nSPS) is 29.7. The number of rotatable bonds is 3. The van der Waals surface area contributed by atoms with Gasteiger partial charge in [-0.2, -0.15) is 0 Å². The first-order chi connectivity index (χ1) is 8.78. The summed E-state index contributed by atoms with van der Waals surface area (Å²) in [6.45, 7) is 8.30. The van der Waals surface area contributed by atoms with Crippen molar-refractivity contribution in [2.75, 3.05) is 19.6 Å². The van der Waals surface area contributed by atoms with Crippen LogP contribution in [0.15, 0.2) is 35.6 Å². The molecular formula is C15H21N2O+. The van der Waals surface area contributed by atoms with E-state index in [-0.39, 0.29) is 5.56 Å². The Morgan fingerprint density at radius 3 is 3.17 bits per heavy atom. The molecule has 0 radical (unpaired) electrons. The highest BCUT2D eigenvalue weighted by Gasteiger charge is 2.36. The number of nitrogens with zero attached hydrogens (tertiary/aromatic N) is 1. The van der Waals surface area contributed by atoms with E-state index in [2.05, 4.69) is 12.6 Å². The predicted octanol–water partition coefficient (Wildman–Crippen LogP) is 0.426. The molecule has 1 fully saturated rings. The summed E-state index contributed by atoms with van der Waals surface area (Å²) in [6, 6.07) is 5.73. The van der Waals surface area contributed by atoms with Crippen molar-refractivity contribution >= 4 is 0 Å². The van der Waals surface area contributed by atoms with Crippen molar-refractivity contribution in [2.45, 2.75) is 25.3 Å². The van der Waals surface area contributed by atoms with Crippen LogP contribution in [0, 0.1) is 5.92 Å². The molecule has 3 atom stereocenters. The fourth-order valence-corrected chi connectivity index (χ4v) is 3.63. The van der Waals surface area contributed by atoms with E-state index in [9.17, 15) is 4.79 Å². The van der Waals surface area contributed by atoms with Crippen molar-refractivity contribution in [1.29, 1.82) is 0 Å². The summed E-state index contributed by atoms with van der Waals surface area (Å²) in [4.78, 5) is 13.6. The van der Waals surface area contributed by atoms with E-state index in [0.717, 1.165) is 13.0 Å². The second-order valence-electron chi connectivity index (χ2n) is 5.68. The SMILES string of the molecule is C=CCC[NH+]1C[C@@H]2C[C@H](C1)c1cccc(=O)n1C2. The van der Waals surface area contributed by atoms with Crippen LogP contribution in [0.4, 0.5) is 0 Å². The van der Waals surface area contributed by atoms with Gasteiger partial charge < -0.3 is 9.47 Å². The van der Waals surface area contributed by atoms with Gasteiger partial charge in [-0.25, -0.2) is 0 Å². The van der Waals surface area contributed by atoms with Gasteiger partial charge in [-0.1, -0.05) is 12.1 Å². The molecule has 0 spiro atoms. The van der Waals surface area contributed by atoms with Crippen molar-refractivity contribution in [3.05, 3.63) is 46.9 Å². The van der Waals surface area contributed by atoms with E-state index in [1.54, 1.807) is 11.0 Å². The number of quaternary nitrogens is 1. The van der Waals surface area contributed by atoms with Gasteiger partial charge in [0.2, 0.25) is 0 Å². The third kappa shape index (κ3) is 2.03. The maximum Gasteiger partial charge on any atom is 0.250 e. The predicted molar refractivity (Wildman–Crippen MR) is 71.9 cm³/mol. The summed E-state index contributed by atoms with van der Waals surface area (Å²) in [5.74, 6) is 1.25. The molecule has 0 saturated carbocycles. The highest BCUT2D eigenvalue weighted by atomic mass is 16.1. The average Bonchev–Trinajstić information content (AvgIpc) is 2.38. The van der Waals surface area contributed by atoms with Gasteiger partial charge in [0, 0.05) is 36.6 Å². The minimum atomic E-state index is 0.178. The summed E-state index contributed by atoms with van der Waals surface area (Å²) in [5.41, 5.74) is 1.44. The number of nitrogens with one attached hydrogen (secondary N) is 1. The van der Waals surface area contributed by atoms with Crippen LogP contribution in [0.3, 0.4) is 0 Å². The Labute approximate surface area is 108 Å². The molecule has 0 aliphatic carbocycles. The minimum Gasteiger partial charge on any atom is -0.334 e. The fourth-order valence-electron chi connectivity index (χ4n) is 3.63. The van der Waals surface area contributed by atoms with E-state index in [4.69, 9.17) is 0 Å². The summed E-state index contributed by atoms with van der Waals surface area (Å²) < 4.78 is 2.00. The lowest BCUT2D eigenvalue weighted by Gasteiger charge is -2.40. The van der Waals surface area contributed by atoms with Crippen molar-refractivity contribution in [3.63, 3.8) is 0 Å². The number of likely N-dealkylation sites (tertiary alicyclic amines) is 1. The Hall–Kier alpha value is -1.35. The zero-order valence-corrected chi connectivity index (χ0v) is 10.8. The Balaban J connectivity index is 1.85. The molecular weight excluding hydrogens is 224 g/mol. The van der Waals surface area contributed by atoms with Crippen LogP contribution in [0.5, 0.6) is 0 Å². The van der Waals surface area contributed by atoms with Crippen LogP contribution in [0.1, 0.15) is 24.5 Å². The van der Waals surface area contributed by atoms with Crippen molar-refractivity contribution in [2.24, 2.45) is 5.92 Å². The quantitative estimate of drug-likeness (QED) is 0.768. The van der Waals surface area contributed by atoms with Crippen molar-refractivity contribution in [1.82, 2.24) is 4.57 Å². The molecule has 3 heteroatoms. The number of piperidine rings is 1. The van der Waals surface area contributed by atoms with Crippen LogP contribution in [-0.4, -0.2) is 24.2 Å². The standard InChI is InChI=1S/C15H20N2O/c1-2-3-7-16-9-12-8-13(11-16)14-5-4-6-15(18)17(14)10-12/h2,4-6,12-13H,1,3,7-11H2/p+1/t12-,13+/m0/s1. The number of aromatic nitrogens is 1. The lowest BCUT2D eigenvalue weighted by Crippen LogP contribution is -3.14. The highest BCUT2D eigenvalue weighted by molar-refractivity contribution is 5.15. The molecule has 3 heterocycles. The maximum atomic E-state index is 11.9. The minimum absolute atomic E-state index is 0.178. The molecule has 96 valence electrons. The molecule has 1 unspecified atom stereocenters. The molecule has 1 N–H and O–H groups in total. The first-order valence-corrected chi connectivity index (χ1v) is 6.92. The van der Waals surface area contributed by atoms with Crippen LogP contribution in [0.2, 0.25) is 0 Å². The van der Waals surface area contributed by atoms with Crippen LogP contribution >= 0.6 is 0 Å². The van der Waals surface area contributed by atoms with Gasteiger partial charge in [0.05, 0.1) is 19.6 Å². The van der Waals surface area contributed by atoms with Crippen LogP contribution in [-0.2, 0) is 6.54 Å². The number of hydrogen-bond acceptors (Lipinski definition) is 1. The van der Waals surface area contributed by atoms with Gasteiger partial charge in [0.15, 0.2) is 0 Å². The lowest BCUT2D eigenvalue weighted by molar-refractivity contribution is -0.910. The smallest absolute Gasteiger partial charge is 0.250 e. The average molecular weight is 245 g/mol. The van der Waals surface area contributed by atoms with Gasteiger partial charge in [-0.3, -0.25) is 4.79 Å². The van der Waals surface area contributed by atoms with Crippen LogP contribution in [0.25, 0.3) is 0 Å². The second-order valence-corrected chi connectivity index (χ2v) is 5.68. The molecule has 2 bridgehead atoms. The first-order valence-electron chi connectivity index (χ1n) is 6.92. The Bertz CT molecular complexity index is 505. The Kier molecular flexibility index (Phi) is 3.08. The zero-order chi connectivity index (χ0) is 12.5. The van der Waals surface area contributed by atoms with Gasteiger partial charge in [0.25, 0.3) is 5.56 Å². The Morgan fingerprint density at radius 1 is 1.44 bits per heavy atom. The first kappa shape index (κ1) is 11.7. The Morgan fingerprint density at radius 2 is 2.33 bits per heavy atom. The molecule has 1 aromatic rings. The van der Waals surface area contributed by atoms with E-state index in [1.165, 1.54) is 31.7 Å². The van der Waals surface area contributed by atoms with Gasteiger partial charge in [0.1, 0.15) is 0 Å². The maximum absolute atomic E-state index is 11.9. The summed E-state index contributed by atoms with van der Waals surface area (Å²) >= 11 is 0. The molecule has 1 aromatic heterocycles. The van der Waals surface area contributed by atoms with Crippen LogP contribution < -0.4 is 10.5 Å². The molecule has 2 aliphatic rings. The van der Waals surface area contributed by atoms with Gasteiger partial charge in [-0.15, -0.1) is 6.58 Å². The van der Waals surface area contributed by atoms with Crippen molar-refractivity contribution in [3.8, 4) is 0 Å². The second kappa shape index (κ2) is 4.73. The van der Waals surface area contributed by atoms with Crippen molar-refractivity contribution < 1.29 is 4.90 Å². The topological polar surface area (TPSA) is 26.4 Å². The van der Waals surface area contributed by atoms with E-state index in [0.29, 0.717) is 11.8 Å². The largest absolute Gasteiger partial charge is 0.334 e. The monoisotopic (exact) mass is 245 g/mol. The number of pyridine rings is 1. The molecule has 1 saturated heterocycles. The van der Waals surface area contributed by atoms with E-state index in [1.807, 2.05) is 16.7 Å². The molecule has 0 amide bonds. The zero-order valence-electron chi connectivity index (χ0n) is 10.8.